The summed E-state index contributed by atoms with van der Waals surface area (Å²) in [5, 5.41) is 9.18. The van der Waals surface area contributed by atoms with Crippen LogP contribution in [0.2, 0.25) is 0 Å². The first-order valence-corrected chi connectivity index (χ1v) is 11.5. The molecule has 1 aromatic rings. The van der Waals surface area contributed by atoms with Crippen LogP contribution < -0.4 is 16.0 Å². The fraction of sp³-hybridized carbons (Fsp3) is 0.579. The maximum atomic E-state index is 13.1. The van der Waals surface area contributed by atoms with Gasteiger partial charge in [-0.15, -0.1) is 0 Å². The molecule has 5 rings (SSSR count). The number of anilines is 1. The number of nitrogens with zero attached hydrogens (tertiary/aromatic N) is 2. The van der Waals surface area contributed by atoms with Crippen molar-refractivity contribution in [3.8, 4) is 0 Å². The molecule has 1 saturated heterocycles. The third kappa shape index (κ3) is 3.16. The minimum Gasteiger partial charge on any atom is -0.354 e. The third-order valence-electron chi connectivity index (χ3n) is 6.78. The summed E-state index contributed by atoms with van der Waals surface area (Å²) in [6, 6.07) is -0.0918. The molecule has 4 aliphatic rings. The van der Waals surface area contributed by atoms with Gasteiger partial charge < -0.3 is 20.9 Å². The Morgan fingerprint density at radius 1 is 1.28 bits per heavy atom. The van der Waals surface area contributed by atoms with Crippen molar-refractivity contribution in [3.63, 3.8) is 0 Å². The van der Waals surface area contributed by atoms with Crippen molar-refractivity contribution >= 4 is 50.2 Å². The maximum absolute atomic E-state index is 13.1. The van der Waals surface area contributed by atoms with E-state index in [4.69, 9.17) is 0 Å². The zero-order valence-corrected chi connectivity index (χ0v) is 18.1. The van der Waals surface area contributed by atoms with Crippen LogP contribution in [0.1, 0.15) is 12.8 Å². The summed E-state index contributed by atoms with van der Waals surface area (Å²) >= 11 is 4.72. The molecule has 4 atom stereocenters. The van der Waals surface area contributed by atoms with Crippen LogP contribution in [0, 0.1) is 29.1 Å². The molecule has 2 bridgehead atoms. The molecule has 0 unspecified atom stereocenters. The minimum absolute atomic E-state index is 0.0856. The second kappa shape index (κ2) is 7.09. The molecular weight excluding hydrogens is 458 g/mol. The fourth-order valence-corrected chi connectivity index (χ4v) is 6.48. The van der Waals surface area contributed by atoms with Gasteiger partial charge in [0.15, 0.2) is 5.13 Å². The highest BCUT2D eigenvalue weighted by Gasteiger charge is 2.69. The van der Waals surface area contributed by atoms with E-state index >= 15 is 0 Å². The van der Waals surface area contributed by atoms with E-state index in [1.165, 1.54) is 11.3 Å². The highest BCUT2D eigenvalue weighted by Crippen LogP contribution is 2.72. The van der Waals surface area contributed by atoms with Crippen LogP contribution in [-0.4, -0.2) is 53.9 Å². The van der Waals surface area contributed by atoms with E-state index in [0.717, 1.165) is 16.6 Å². The van der Waals surface area contributed by atoms with Gasteiger partial charge >= 0.3 is 6.03 Å². The Kier molecular flexibility index (Phi) is 4.65. The molecule has 3 N–H and O–H groups in total. The zero-order valence-electron chi connectivity index (χ0n) is 15.7. The normalized spacial score (nSPS) is 30.7. The number of thiazole rings is 1. The van der Waals surface area contributed by atoms with Crippen molar-refractivity contribution in [2.24, 2.45) is 29.1 Å². The lowest BCUT2D eigenvalue weighted by atomic mass is 9.81. The summed E-state index contributed by atoms with van der Waals surface area (Å²) in [6.45, 7) is 2.17. The molecular formula is C19H22BrN5O3S. The first-order valence-electron chi connectivity index (χ1n) is 9.91. The molecule has 8 nitrogen and oxygen atoms in total. The third-order valence-corrected chi connectivity index (χ3v) is 8.17. The van der Waals surface area contributed by atoms with E-state index < -0.39 is 0 Å². The number of carbonyl (C=O) groups is 3. The molecule has 29 heavy (non-hydrogen) atoms. The molecule has 2 saturated carbocycles. The second-order valence-corrected chi connectivity index (χ2v) is 10.6. The molecule has 1 aromatic heterocycles. The molecule has 2 heterocycles. The predicted molar refractivity (Wildman–Crippen MR) is 111 cm³/mol. The number of carbonyl (C=O) groups excluding carboxylic acids is 3. The lowest BCUT2D eigenvalue weighted by Crippen LogP contribution is -2.44. The van der Waals surface area contributed by atoms with Crippen molar-refractivity contribution in [2.45, 2.75) is 12.8 Å². The highest BCUT2D eigenvalue weighted by molar-refractivity contribution is 9.11. The number of rotatable bonds is 6. The molecule has 0 aromatic carbocycles. The number of hydrogen-bond acceptors (Lipinski definition) is 5. The summed E-state index contributed by atoms with van der Waals surface area (Å²) < 4.78 is 0.847. The lowest BCUT2D eigenvalue weighted by Gasteiger charge is -2.26. The number of halogens is 1. The number of amides is 4. The summed E-state index contributed by atoms with van der Waals surface area (Å²) in [7, 11) is 0. The molecule has 154 valence electrons. The Morgan fingerprint density at radius 3 is 2.59 bits per heavy atom. The van der Waals surface area contributed by atoms with Gasteiger partial charge in [0.2, 0.25) is 11.8 Å². The van der Waals surface area contributed by atoms with Crippen LogP contribution >= 0.6 is 27.3 Å². The summed E-state index contributed by atoms with van der Waals surface area (Å²) in [5.74, 6) is -0.756. The van der Waals surface area contributed by atoms with E-state index in [9.17, 15) is 14.4 Å². The quantitative estimate of drug-likeness (QED) is 0.541. The van der Waals surface area contributed by atoms with Gasteiger partial charge in [0.1, 0.15) is 0 Å². The average molecular weight is 480 g/mol. The van der Waals surface area contributed by atoms with Crippen molar-refractivity contribution < 1.29 is 14.4 Å². The second-order valence-electron chi connectivity index (χ2n) is 8.19. The Morgan fingerprint density at radius 2 is 2.00 bits per heavy atom. The Hall–Kier alpha value is -1.94. The Bertz CT molecular complexity index is 898. The first-order chi connectivity index (χ1) is 14.0. The molecule has 10 heteroatoms. The van der Waals surface area contributed by atoms with Gasteiger partial charge in [0.25, 0.3) is 0 Å². The maximum Gasteiger partial charge on any atom is 0.317 e. The van der Waals surface area contributed by atoms with Gasteiger partial charge in [-0.05, 0) is 46.0 Å². The summed E-state index contributed by atoms with van der Waals surface area (Å²) in [4.78, 5) is 43.8. The van der Waals surface area contributed by atoms with E-state index in [1.54, 1.807) is 11.1 Å². The predicted octanol–water partition coefficient (Wildman–Crippen LogP) is 1.81. The number of allylic oxidation sites excluding steroid dienone is 2. The van der Waals surface area contributed by atoms with E-state index in [1.807, 2.05) is 0 Å². The number of urea groups is 1. The van der Waals surface area contributed by atoms with Gasteiger partial charge in [0.05, 0.1) is 21.8 Å². The topological polar surface area (TPSA) is 103 Å². The minimum atomic E-state index is -0.384. The molecule has 4 amide bonds. The van der Waals surface area contributed by atoms with Crippen LogP contribution in [-0.2, 0) is 9.59 Å². The fourth-order valence-electron chi connectivity index (χ4n) is 5.37. The van der Waals surface area contributed by atoms with Crippen molar-refractivity contribution in [1.29, 1.82) is 0 Å². The van der Waals surface area contributed by atoms with Gasteiger partial charge in [-0.1, -0.05) is 23.5 Å². The molecule has 1 spiro atoms. The van der Waals surface area contributed by atoms with Crippen LogP contribution in [0.25, 0.3) is 0 Å². The first kappa shape index (κ1) is 19.0. The van der Waals surface area contributed by atoms with Crippen LogP contribution in [0.4, 0.5) is 9.93 Å². The smallest absolute Gasteiger partial charge is 0.317 e. The van der Waals surface area contributed by atoms with Crippen LogP contribution in [0.5, 0.6) is 0 Å². The van der Waals surface area contributed by atoms with E-state index in [-0.39, 0.29) is 46.9 Å². The van der Waals surface area contributed by atoms with Crippen molar-refractivity contribution in [1.82, 2.24) is 20.5 Å². The molecule has 1 aliphatic heterocycles. The van der Waals surface area contributed by atoms with Gasteiger partial charge in [-0.25, -0.2) is 9.78 Å². The average Bonchev–Trinajstić information content (AvgIpc) is 2.90. The SMILES string of the molecule is O=C(NCCN1CCNC1=O)[C@H]1[C@H](C(=O)Nc2ncc(Br)s2)[C@H]2C=C[C@H]1C21CC1. The summed E-state index contributed by atoms with van der Waals surface area (Å²) in [6.07, 6.45) is 8.07. The Balaban J connectivity index is 1.28. The van der Waals surface area contributed by atoms with Crippen molar-refractivity contribution in [2.75, 3.05) is 31.5 Å². The van der Waals surface area contributed by atoms with Crippen molar-refractivity contribution in [3.05, 3.63) is 22.1 Å². The van der Waals surface area contributed by atoms with E-state index in [2.05, 4.69) is 49.0 Å². The van der Waals surface area contributed by atoms with Gasteiger partial charge in [-0.2, -0.15) is 0 Å². The highest BCUT2D eigenvalue weighted by atomic mass is 79.9. The lowest BCUT2D eigenvalue weighted by molar-refractivity contribution is -0.132. The van der Waals surface area contributed by atoms with Crippen LogP contribution in [0.15, 0.2) is 22.1 Å². The van der Waals surface area contributed by atoms with Gasteiger partial charge in [0, 0.05) is 26.2 Å². The summed E-state index contributed by atoms with van der Waals surface area (Å²) in [5.41, 5.74) is 0.0856. The molecule has 3 fully saturated rings. The monoisotopic (exact) mass is 479 g/mol. The Labute approximate surface area is 180 Å². The number of nitrogens with one attached hydrogen (secondary N) is 3. The standard InChI is InChI=1S/C19H22BrN5O3S/c20-12-9-23-17(29-12)24-16(27)14-11-2-1-10(19(11)3-4-19)13(14)15(26)21-5-7-25-8-6-22-18(25)28/h1-2,9-11,13-14H,3-8H2,(H,21,26)(H,22,28)(H,23,24,27)/t10-,11-,13-,14-/m1/s1. The zero-order chi connectivity index (χ0) is 20.2. The molecule has 3 aliphatic carbocycles. The van der Waals surface area contributed by atoms with Gasteiger partial charge in [-0.3, -0.25) is 9.59 Å². The van der Waals surface area contributed by atoms with E-state index in [0.29, 0.717) is 31.3 Å². The number of aromatic nitrogens is 1. The van der Waals surface area contributed by atoms with Crippen LogP contribution in [0.3, 0.4) is 0 Å². The largest absolute Gasteiger partial charge is 0.354 e. The number of hydrogen-bond donors (Lipinski definition) is 3. The molecule has 0 radical (unpaired) electrons.